The van der Waals surface area contributed by atoms with E-state index in [9.17, 15) is 0 Å². The Kier molecular flexibility index (Phi) is 2.57. The summed E-state index contributed by atoms with van der Waals surface area (Å²) in [5, 5.41) is 6.47. The first kappa shape index (κ1) is 10.4. The van der Waals surface area contributed by atoms with Crippen LogP contribution in [0.1, 0.15) is 11.3 Å². The quantitative estimate of drug-likeness (QED) is 0.838. The van der Waals surface area contributed by atoms with Crippen LogP contribution in [0, 0.1) is 0 Å². The zero-order valence-corrected chi connectivity index (χ0v) is 9.77. The molecule has 0 radical (unpaired) electrons. The van der Waals surface area contributed by atoms with E-state index in [0.717, 1.165) is 42.3 Å². The molecule has 0 fully saturated rings. The van der Waals surface area contributed by atoms with Crippen molar-refractivity contribution in [1.82, 2.24) is 5.16 Å². The normalized spacial score (nSPS) is 14.4. The maximum absolute atomic E-state index is 5.40. The van der Waals surface area contributed by atoms with Gasteiger partial charge in [-0.05, 0) is 12.1 Å². The molecule has 17 heavy (non-hydrogen) atoms. The lowest BCUT2D eigenvalue weighted by atomic mass is 10.0. The van der Waals surface area contributed by atoms with Gasteiger partial charge in [0.25, 0.3) is 0 Å². The number of nitrogens with zero attached hydrogens (tertiary/aromatic N) is 1. The average molecular weight is 231 g/mol. The van der Waals surface area contributed by atoms with Gasteiger partial charge in [0.05, 0.1) is 25.6 Å². The van der Waals surface area contributed by atoms with Crippen molar-refractivity contribution in [3.05, 3.63) is 35.6 Å². The fraction of sp³-hybridized carbons (Fsp3) is 0.308. The summed E-state index contributed by atoms with van der Waals surface area (Å²) in [5.41, 5.74) is 3.24. The number of ether oxygens (including phenoxy) is 1. The number of quaternary nitrogens is 1. The summed E-state index contributed by atoms with van der Waals surface area (Å²) in [4.78, 5) is 0. The zero-order valence-electron chi connectivity index (χ0n) is 9.77. The second-order valence-corrected chi connectivity index (χ2v) is 4.20. The second kappa shape index (κ2) is 4.22. The van der Waals surface area contributed by atoms with E-state index >= 15 is 0 Å². The van der Waals surface area contributed by atoms with Crippen LogP contribution in [0.3, 0.4) is 0 Å². The molecule has 3 rings (SSSR count). The molecule has 4 nitrogen and oxygen atoms in total. The maximum Gasteiger partial charge on any atom is 0.151 e. The monoisotopic (exact) mass is 231 g/mol. The summed E-state index contributed by atoms with van der Waals surface area (Å²) in [5.74, 6) is 1.88. The molecule has 1 aromatic heterocycles. The summed E-state index contributed by atoms with van der Waals surface area (Å²) in [6.07, 6.45) is 0.965. The Morgan fingerprint density at radius 3 is 3.24 bits per heavy atom. The van der Waals surface area contributed by atoms with Crippen LogP contribution in [0.4, 0.5) is 0 Å². The third-order valence-corrected chi connectivity index (χ3v) is 3.14. The van der Waals surface area contributed by atoms with Gasteiger partial charge in [0, 0.05) is 5.56 Å². The highest BCUT2D eigenvalue weighted by Gasteiger charge is 2.22. The molecule has 0 unspecified atom stereocenters. The molecule has 2 aromatic rings. The van der Waals surface area contributed by atoms with Crippen molar-refractivity contribution in [3.63, 3.8) is 0 Å². The number of hydrogen-bond donors (Lipinski definition) is 1. The fourth-order valence-electron chi connectivity index (χ4n) is 2.23. The van der Waals surface area contributed by atoms with Gasteiger partial charge < -0.3 is 14.6 Å². The first-order valence-electron chi connectivity index (χ1n) is 5.82. The van der Waals surface area contributed by atoms with E-state index in [0.29, 0.717) is 0 Å². The van der Waals surface area contributed by atoms with Gasteiger partial charge in [-0.1, -0.05) is 17.3 Å². The molecule has 2 N–H and O–H groups in total. The van der Waals surface area contributed by atoms with E-state index in [4.69, 9.17) is 9.26 Å². The Labute approximate surface area is 99.6 Å². The van der Waals surface area contributed by atoms with Crippen molar-refractivity contribution in [2.24, 2.45) is 0 Å². The van der Waals surface area contributed by atoms with Gasteiger partial charge in [-0.3, -0.25) is 0 Å². The second-order valence-electron chi connectivity index (χ2n) is 4.20. The molecule has 2 heterocycles. The third kappa shape index (κ3) is 1.80. The number of rotatable bonds is 2. The van der Waals surface area contributed by atoms with Gasteiger partial charge in [0.15, 0.2) is 5.76 Å². The number of fused-ring (bicyclic) bond motifs is 1. The van der Waals surface area contributed by atoms with Crippen molar-refractivity contribution in [1.29, 1.82) is 0 Å². The Balaban J connectivity index is 2.05. The minimum absolute atomic E-state index is 0.846. The van der Waals surface area contributed by atoms with E-state index in [1.165, 1.54) is 5.56 Å². The number of nitrogens with two attached hydrogens (primary N) is 1. The largest absolute Gasteiger partial charge is 0.497 e. The van der Waals surface area contributed by atoms with Crippen LogP contribution >= 0.6 is 0 Å². The van der Waals surface area contributed by atoms with Crippen LogP contribution in [-0.2, 0) is 13.0 Å². The SMILES string of the molecule is COc1cccc(-c2noc3c2C[NH2+]CC3)c1. The minimum atomic E-state index is 0.846. The van der Waals surface area contributed by atoms with Crippen molar-refractivity contribution in [2.45, 2.75) is 13.0 Å². The van der Waals surface area contributed by atoms with Crippen molar-refractivity contribution in [3.8, 4) is 17.0 Å². The molecule has 88 valence electrons. The number of hydrogen-bond acceptors (Lipinski definition) is 3. The average Bonchev–Trinajstić information content (AvgIpc) is 2.82. The van der Waals surface area contributed by atoms with Crippen LogP contribution in [0.25, 0.3) is 11.3 Å². The molecule has 0 saturated heterocycles. The van der Waals surface area contributed by atoms with Crippen molar-refractivity contribution >= 4 is 0 Å². The third-order valence-electron chi connectivity index (χ3n) is 3.14. The van der Waals surface area contributed by atoms with E-state index in [-0.39, 0.29) is 0 Å². The number of methoxy groups -OCH3 is 1. The molecule has 0 saturated carbocycles. The number of aromatic nitrogens is 1. The fourth-order valence-corrected chi connectivity index (χ4v) is 2.23. The van der Waals surface area contributed by atoms with E-state index in [1.807, 2.05) is 24.3 Å². The molecule has 0 aliphatic carbocycles. The predicted octanol–water partition coefficient (Wildman–Crippen LogP) is 0.970. The topological polar surface area (TPSA) is 51.9 Å². The molecular formula is C13H15N2O2+. The highest BCUT2D eigenvalue weighted by molar-refractivity contribution is 5.65. The number of benzene rings is 1. The highest BCUT2D eigenvalue weighted by Crippen LogP contribution is 2.28. The first-order valence-corrected chi connectivity index (χ1v) is 5.82. The zero-order chi connectivity index (χ0) is 11.7. The highest BCUT2D eigenvalue weighted by atomic mass is 16.5. The van der Waals surface area contributed by atoms with Gasteiger partial charge >= 0.3 is 0 Å². The van der Waals surface area contributed by atoms with Crippen molar-refractivity contribution in [2.75, 3.05) is 13.7 Å². The van der Waals surface area contributed by atoms with Crippen LogP contribution in [0.2, 0.25) is 0 Å². The molecule has 0 spiro atoms. The van der Waals surface area contributed by atoms with Gasteiger partial charge in [-0.2, -0.15) is 0 Å². The van der Waals surface area contributed by atoms with E-state index in [2.05, 4.69) is 10.5 Å². The minimum Gasteiger partial charge on any atom is -0.497 e. The van der Waals surface area contributed by atoms with Crippen LogP contribution < -0.4 is 10.1 Å². The lowest BCUT2D eigenvalue weighted by Gasteiger charge is -2.08. The Morgan fingerprint density at radius 2 is 2.35 bits per heavy atom. The van der Waals surface area contributed by atoms with Gasteiger partial charge in [-0.25, -0.2) is 0 Å². The van der Waals surface area contributed by atoms with Gasteiger partial charge in [0.1, 0.15) is 18.0 Å². The predicted molar refractivity (Wildman–Crippen MR) is 62.7 cm³/mol. The van der Waals surface area contributed by atoms with Crippen LogP contribution in [0.15, 0.2) is 28.8 Å². The smallest absolute Gasteiger partial charge is 0.151 e. The molecule has 4 heteroatoms. The lowest BCUT2D eigenvalue weighted by Crippen LogP contribution is -2.84. The maximum atomic E-state index is 5.40. The van der Waals surface area contributed by atoms with Crippen LogP contribution in [0.5, 0.6) is 5.75 Å². The van der Waals surface area contributed by atoms with E-state index < -0.39 is 0 Å². The molecule has 1 aliphatic heterocycles. The summed E-state index contributed by atoms with van der Waals surface area (Å²) in [6.45, 7) is 2.03. The van der Waals surface area contributed by atoms with E-state index in [1.54, 1.807) is 7.11 Å². The summed E-state index contributed by atoms with van der Waals surface area (Å²) >= 11 is 0. The molecular weight excluding hydrogens is 216 g/mol. The molecule has 0 amide bonds. The molecule has 1 aliphatic rings. The van der Waals surface area contributed by atoms with Crippen molar-refractivity contribution < 1.29 is 14.6 Å². The van der Waals surface area contributed by atoms with Gasteiger partial charge in [-0.15, -0.1) is 0 Å². The van der Waals surface area contributed by atoms with Gasteiger partial charge in [0.2, 0.25) is 0 Å². The molecule has 0 atom stereocenters. The Bertz CT molecular complexity index is 534. The Morgan fingerprint density at radius 1 is 1.41 bits per heavy atom. The standard InChI is InChI=1S/C13H14N2O2/c1-16-10-4-2-3-9(7-10)13-11-8-14-6-5-12(11)17-15-13/h2-4,7,14H,5-6,8H2,1H3/p+1. The van der Waals surface area contributed by atoms with Crippen LogP contribution in [-0.4, -0.2) is 18.8 Å². The summed E-state index contributed by atoms with van der Waals surface area (Å²) < 4.78 is 10.6. The Hall–Kier alpha value is -1.81. The lowest BCUT2D eigenvalue weighted by molar-refractivity contribution is -0.673. The molecule has 0 bridgehead atoms. The molecule has 1 aromatic carbocycles. The summed E-state index contributed by atoms with van der Waals surface area (Å²) in [6, 6.07) is 7.94. The summed E-state index contributed by atoms with van der Waals surface area (Å²) in [7, 11) is 1.67. The first-order chi connectivity index (χ1) is 8.38.